The van der Waals surface area contributed by atoms with Gasteiger partial charge in [0, 0.05) is 17.9 Å². The molecule has 2 N–H and O–H groups in total. The van der Waals surface area contributed by atoms with Gasteiger partial charge in [0.25, 0.3) is 0 Å². The van der Waals surface area contributed by atoms with Gasteiger partial charge in [-0.05, 0) is 42.2 Å². The molecule has 0 spiro atoms. The molecule has 2 aromatic carbocycles. The van der Waals surface area contributed by atoms with Crippen molar-refractivity contribution in [3.63, 3.8) is 0 Å². The van der Waals surface area contributed by atoms with Gasteiger partial charge in [-0.15, -0.1) is 0 Å². The highest BCUT2D eigenvalue weighted by molar-refractivity contribution is 5.74. The monoisotopic (exact) mass is 263 g/mol. The molecule has 3 nitrogen and oxygen atoms in total. The molecule has 1 heterocycles. The van der Waals surface area contributed by atoms with Gasteiger partial charge in [-0.3, -0.25) is 0 Å². The van der Waals surface area contributed by atoms with Crippen molar-refractivity contribution >= 4 is 17.1 Å². The molecule has 0 saturated carbocycles. The predicted molar refractivity (Wildman–Crippen MR) is 81.9 cm³/mol. The summed E-state index contributed by atoms with van der Waals surface area (Å²) in [5.74, 6) is 0.564. The average Bonchev–Trinajstić information content (AvgIpc) is 2.46. The molecular weight excluding hydrogens is 246 g/mol. The summed E-state index contributed by atoms with van der Waals surface area (Å²) in [6.07, 6.45) is 1.09. The Labute approximate surface area is 119 Å². The van der Waals surface area contributed by atoms with Crippen molar-refractivity contribution in [3.05, 3.63) is 53.6 Å². The number of nitrogens with zero attached hydrogens (tertiary/aromatic N) is 2. The highest BCUT2D eigenvalue weighted by Crippen LogP contribution is 2.37. The number of hydrogen-bond acceptors (Lipinski definition) is 3. The lowest BCUT2D eigenvalue weighted by Crippen LogP contribution is -2.30. The second kappa shape index (κ2) is 4.90. The number of nitriles is 1. The van der Waals surface area contributed by atoms with Gasteiger partial charge in [0.1, 0.15) is 6.07 Å². The van der Waals surface area contributed by atoms with E-state index >= 15 is 0 Å². The zero-order valence-corrected chi connectivity index (χ0v) is 11.5. The first kappa shape index (κ1) is 12.6. The summed E-state index contributed by atoms with van der Waals surface area (Å²) in [6.45, 7) is 3.17. The van der Waals surface area contributed by atoms with Crippen molar-refractivity contribution in [2.75, 3.05) is 17.2 Å². The number of anilines is 3. The maximum Gasteiger partial charge on any atom is 0.101 e. The van der Waals surface area contributed by atoms with E-state index in [-0.39, 0.29) is 0 Å². The first-order valence-corrected chi connectivity index (χ1v) is 6.84. The highest BCUT2D eigenvalue weighted by atomic mass is 15.1. The van der Waals surface area contributed by atoms with Crippen molar-refractivity contribution in [1.29, 1.82) is 5.26 Å². The molecule has 1 aliphatic heterocycles. The largest absolute Gasteiger partial charge is 0.399 e. The van der Waals surface area contributed by atoms with E-state index in [1.807, 2.05) is 18.2 Å². The van der Waals surface area contributed by atoms with Crippen LogP contribution >= 0.6 is 0 Å². The molecule has 0 aromatic heterocycles. The SMILES string of the molecule is CC1Cc2ccccc2N(c2ccc(N)cc2C#N)C1. The summed E-state index contributed by atoms with van der Waals surface area (Å²) in [4.78, 5) is 2.24. The Bertz CT molecular complexity index is 685. The van der Waals surface area contributed by atoms with Crippen LogP contribution in [0.25, 0.3) is 0 Å². The minimum absolute atomic E-state index is 0.564. The molecule has 100 valence electrons. The van der Waals surface area contributed by atoms with Gasteiger partial charge in [0.15, 0.2) is 0 Å². The average molecular weight is 263 g/mol. The summed E-state index contributed by atoms with van der Waals surface area (Å²) in [5, 5.41) is 9.36. The first-order chi connectivity index (χ1) is 9.69. The summed E-state index contributed by atoms with van der Waals surface area (Å²) in [7, 11) is 0. The van der Waals surface area contributed by atoms with Crippen molar-refractivity contribution in [1.82, 2.24) is 0 Å². The minimum atomic E-state index is 0.564. The van der Waals surface area contributed by atoms with Crippen LogP contribution in [0.4, 0.5) is 17.1 Å². The lowest BCUT2D eigenvalue weighted by molar-refractivity contribution is 0.562. The van der Waals surface area contributed by atoms with Crippen LogP contribution in [0.5, 0.6) is 0 Å². The fraction of sp³-hybridized carbons (Fsp3) is 0.235. The topological polar surface area (TPSA) is 53.0 Å². The van der Waals surface area contributed by atoms with Gasteiger partial charge >= 0.3 is 0 Å². The second-order valence-corrected chi connectivity index (χ2v) is 5.44. The maximum absolute atomic E-state index is 9.36. The number of para-hydroxylation sites is 1. The Balaban J connectivity index is 2.14. The van der Waals surface area contributed by atoms with E-state index in [4.69, 9.17) is 5.73 Å². The number of rotatable bonds is 1. The van der Waals surface area contributed by atoms with Gasteiger partial charge in [0.2, 0.25) is 0 Å². The van der Waals surface area contributed by atoms with Gasteiger partial charge in [-0.1, -0.05) is 25.1 Å². The van der Waals surface area contributed by atoms with Crippen molar-refractivity contribution in [2.24, 2.45) is 5.92 Å². The lowest BCUT2D eigenvalue weighted by Gasteiger charge is -2.35. The predicted octanol–water partition coefficient (Wildman–Crippen LogP) is 3.47. The zero-order valence-electron chi connectivity index (χ0n) is 11.5. The van der Waals surface area contributed by atoms with Crippen LogP contribution in [0, 0.1) is 17.2 Å². The summed E-state index contributed by atoms with van der Waals surface area (Å²) in [6, 6.07) is 16.2. The first-order valence-electron chi connectivity index (χ1n) is 6.84. The molecule has 1 unspecified atom stereocenters. The highest BCUT2D eigenvalue weighted by Gasteiger charge is 2.24. The van der Waals surface area contributed by atoms with Crippen LogP contribution in [0.2, 0.25) is 0 Å². The Morgan fingerprint density at radius 2 is 2.00 bits per heavy atom. The zero-order chi connectivity index (χ0) is 14.1. The van der Waals surface area contributed by atoms with Crippen LogP contribution in [0.1, 0.15) is 18.1 Å². The third-order valence-corrected chi connectivity index (χ3v) is 3.78. The van der Waals surface area contributed by atoms with Crippen molar-refractivity contribution in [3.8, 4) is 6.07 Å². The fourth-order valence-corrected chi connectivity index (χ4v) is 2.90. The molecule has 0 radical (unpaired) electrons. The number of nitrogens with two attached hydrogens (primary N) is 1. The molecule has 0 fully saturated rings. The van der Waals surface area contributed by atoms with Crippen LogP contribution in [0.15, 0.2) is 42.5 Å². The van der Waals surface area contributed by atoms with E-state index < -0.39 is 0 Å². The van der Waals surface area contributed by atoms with E-state index in [1.165, 1.54) is 11.3 Å². The molecule has 20 heavy (non-hydrogen) atoms. The number of fused-ring (bicyclic) bond motifs is 1. The van der Waals surface area contributed by atoms with E-state index in [9.17, 15) is 5.26 Å². The lowest BCUT2D eigenvalue weighted by atomic mass is 9.93. The molecule has 0 amide bonds. The van der Waals surface area contributed by atoms with Crippen LogP contribution in [-0.2, 0) is 6.42 Å². The summed E-state index contributed by atoms with van der Waals surface area (Å²) >= 11 is 0. The maximum atomic E-state index is 9.36. The molecule has 3 rings (SSSR count). The summed E-state index contributed by atoms with van der Waals surface area (Å²) < 4.78 is 0. The Morgan fingerprint density at radius 3 is 2.80 bits per heavy atom. The number of benzene rings is 2. The molecular formula is C17H17N3. The van der Waals surface area contributed by atoms with E-state index in [0.717, 1.165) is 18.7 Å². The quantitative estimate of drug-likeness (QED) is 0.801. The van der Waals surface area contributed by atoms with Crippen molar-refractivity contribution < 1.29 is 0 Å². The second-order valence-electron chi connectivity index (χ2n) is 5.44. The molecule has 0 bridgehead atoms. The van der Waals surface area contributed by atoms with Gasteiger partial charge in [-0.2, -0.15) is 5.26 Å². The Kier molecular flexibility index (Phi) is 3.08. The number of nitrogen functional groups attached to an aromatic ring is 1. The standard InChI is InChI=1S/C17H17N3/c1-12-8-13-4-2-3-5-16(13)20(11-12)17-7-6-15(19)9-14(17)10-18/h2-7,9,12H,8,11,19H2,1H3. The molecule has 0 aliphatic carbocycles. The molecule has 3 heteroatoms. The molecule has 1 aliphatic rings. The Hall–Kier alpha value is -2.47. The summed E-state index contributed by atoms with van der Waals surface area (Å²) in [5.41, 5.74) is 10.5. The van der Waals surface area contributed by atoms with Crippen LogP contribution in [0.3, 0.4) is 0 Å². The van der Waals surface area contributed by atoms with E-state index in [1.54, 1.807) is 6.07 Å². The normalized spacial score (nSPS) is 17.4. The molecule has 2 aromatic rings. The van der Waals surface area contributed by atoms with Gasteiger partial charge < -0.3 is 10.6 Å². The van der Waals surface area contributed by atoms with E-state index in [0.29, 0.717) is 17.2 Å². The smallest absolute Gasteiger partial charge is 0.101 e. The number of hydrogen-bond donors (Lipinski definition) is 1. The third-order valence-electron chi connectivity index (χ3n) is 3.78. The van der Waals surface area contributed by atoms with Crippen LogP contribution in [-0.4, -0.2) is 6.54 Å². The molecule has 1 atom stereocenters. The fourth-order valence-electron chi connectivity index (χ4n) is 2.90. The third kappa shape index (κ3) is 2.10. The minimum Gasteiger partial charge on any atom is -0.399 e. The molecule has 0 saturated heterocycles. The van der Waals surface area contributed by atoms with Gasteiger partial charge in [0.05, 0.1) is 11.3 Å². The van der Waals surface area contributed by atoms with Crippen LogP contribution < -0.4 is 10.6 Å². The van der Waals surface area contributed by atoms with E-state index in [2.05, 4.69) is 36.1 Å². The Morgan fingerprint density at radius 1 is 1.20 bits per heavy atom. The van der Waals surface area contributed by atoms with Crippen molar-refractivity contribution in [2.45, 2.75) is 13.3 Å². The van der Waals surface area contributed by atoms with Gasteiger partial charge in [-0.25, -0.2) is 0 Å².